The van der Waals surface area contributed by atoms with E-state index in [1.165, 1.54) is 61.3 Å². The zero-order valence-corrected chi connectivity index (χ0v) is 14.3. The van der Waals surface area contributed by atoms with Crippen LogP contribution in [-0.4, -0.2) is 0 Å². The SMILES string of the molecule is CCCCC1CCC(c2ccc3cc(CC)ccc3c2)CC1. The summed E-state index contributed by atoms with van der Waals surface area (Å²) in [6, 6.07) is 14.1. The second kappa shape index (κ2) is 7.31. The number of aryl methyl sites for hydroxylation is 1. The van der Waals surface area contributed by atoms with Crippen molar-refractivity contribution in [2.45, 2.75) is 71.1 Å². The zero-order chi connectivity index (χ0) is 15.4. The lowest BCUT2D eigenvalue weighted by atomic mass is 9.77. The number of hydrogen-bond donors (Lipinski definition) is 0. The summed E-state index contributed by atoms with van der Waals surface area (Å²) in [5.41, 5.74) is 3.02. The molecule has 0 aliphatic heterocycles. The van der Waals surface area contributed by atoms with E-state index in [-0.39, 0.29) is 0 Å². The fourth-order valence-electron chi connectivity index (χ4n) is 4.06. The Balaban J connectivity index is 1.69. The van der Waals surface area contributed by atoms with Gasteiger partial charge in [-0.3, -0.25) is 0 Å². The number of hydrogen-bond acceptors (Lipinski definition) is 0. The second-order valence-corrected chi connectivity index (χ2v) is 7.15. The molecule has 0 spiro atoms. The van der Waals surface area contributed by atoms with Crippen LogP contribution in [0.3, 0.4) is 0 Å². The van der Waals surface area contributed by atoms with Crippen molar-refractivity contribution in [2.24, 2.45) is 5.92 Å². The van der Waals surface area contributed by atoms with E-state index in [4.69, 9.17) is 0 Å². The van der Waals surface area contributed by atoms with Crippen LogP contribution in [0.5, 0.6) is 0 Å². The van der Waals surface area contributed by atoms with Crippen LogP contribution in [0.25, 0.3) is 10.8 Å². The monoisotopic (exact) mass is 294 g/mol. The number of unbranched alkanes of at least 4 members (excludes halogenated alkanes) is 1. The van der Waals surface area contributed by atoms with Crippen molar-refractivity contribution >= 4 is 10.8 Å². The lowest BCUT2D eigenvalue weighted by Crippen LogP contribution is -2.13. The molecule has 0 bridgehead atoms. The van der Waals surface area contributed by atoms with E-state index in [0.29, 0.717) is 0 Å². The average molecular weight is 294 g/mol. The maximum Gasteiger partial charge on any atom is -0.0162 e. The molecule has 2 aromatic carbocycles. The van der Waals surface area contributed by atoms with Gasteiger partial charge in [-0.25, -0.2) is 0 Å². The Morgan fingerprint density at radius 3 is 2.32 bits per heavy atom. The Morgan fingerprint density at radius 1 is 0.864 bits per heavy atom. The molecule has 22 heavy (non-hydrogen) atoms. The highest BCUT2D eigenvalue weighted by atomic mass is 14.3. The van der Waals surface area contributed by atoms with E-state index in [0.717, 1.165) is 18.3 Å². The van der Waals surface area contributed by atoms with E-state index in [2.05, 4.69) is 50.2 Å². The molecule has 1 saturated carbocycles. The van der Waals surface area contributed by atoms with Crippen molar-refractivity contribution in [1.82, 2.24) is 0 Å². The predicted molar refractivity (Wildman–Crippen MR) is 97.6 cm³/mol. The molecular weight excluding hydrogens is 264 g/mol. The Labute approximate surface area is 135 Å². The maximum atomic E-state index is 2.45. The smallest absolute Gasteiger partial charge is 0.0162 e. The largest absolute Gasteiger partial charge is 0.0654 e. The summed E-state index contributed by atoms with van der Waals surface area (Å²) in [4.78, 5) is 0. The van der Waals surface area contributed by atoms with Crippen molar-refractivity contribution in [3.63, 3.8) is 0 Å². The van der Waals surface area contributed by atoms with Crippen LogP contribution >= 0.6 is 0 Å². The van der Waals surface area contributed by atoms with E-state index in [1.54, 1.807) is 5.56 Å². The molecule has 0 aromatic heterocycles. The van der Waals surface area contributed by atoms with Gasteiger partial charge in [0.15, 0.2) is 0 Å². The van der Waals surface area contributed by atoms with Crippen molar-refractivity contribution in [3.05, 3.63) is 47.5 Å². The fraction of sp³-hybridized carbons (Fsp3) is 0.545. The quantitative estimate of drug-likeness (QED) is 0.564. The molecule has 0 heterocycles. The van der Waals surface area contributed by atoms with Gasteiger partial charge < -0.3 is 0 Å². The van der Waals surface area contributed by atoms with Gasteiger partial charge in [0.1, 0.15) is 0 Å². The van der Waals surface area contributed by atoms with Gasteiger partial charge >= 0.3 is 0 Å². The lowest BCUT2D eigenvalue weighted by Gasteiger charge is -2.29. The molecule has 2 aromatic rings. The first-order chi connectivity index (χ1) is 10.8. The number of fused-ring (bicyclic) bond motifs is 1. The van der Waals surface area contributed by atoms with Gasteiger partial charge in [0.25, 0.3) is 0 Å². The highest BCUT2D eigenvalue weighted by molar-refractivity contribution is 5.84. The normalized spacial score (nSPS) is 22.1. The molecule has 0 atom stereocenters. The summed E-state index contributed by atoms with van der Waals surface area (Å²) >= 11 is 0. The predicted octanol–water partition coefficient (Wildman–Crippen LogP) is 6.87. The van der Waals surface area contributed by atoms with Crippen LogP contribution in [0.15, 0.2) is 36.4 Å². The molecule has 0 unspecified atom stereocenters. The van der Waals surface area contributed by atoms with Gasteiger partial charge in [-0.2, -0.15) is 0 Å². The Kier molecular flexibility index (Phi) is 5.18. The minimum atomic E-state index is 0.799. The van der Waals surface area contributed by atoms with E-state index >= 15 is 0 Å². The summed E-state index contributed by atoms with van der Waals surface area (Å²) in [6.45, 7) is 4.54. The van der Waals surface area contributed by atoms with Crippen LogP contribution in [0.1, 0.15) is 75.8 Å². The highest BCUT2D eigenvalue weighted by Crippen LogP contribution is 2.38. The van der Waals surface area contributed by atoms with E-state index < -0.39 is 0 Å². The minimum Gasteiger partial charge on any atom is -0.0654 e. The van der Waals surface area contributed by atoms with Gasteiger partial charge in [0.2, 0.25) is 0 Å². The Bertz CT molecular complexity index is 602. The Morgan fingerprint density at radius 2 is 1.59 bits per heavy atom. The number of rotatable bonds is 5. The van der Waals surface area contributed by atoms with Gasteiger partial charge in [-0.05, 0) is 65.8 Å². The number of benzene rings is 2. The molecule has 118 valence electrons. The van der Waals surface area contributed by atoms with E-state index in [1.807, 2.05) is 0 Å². The molecule has 0 saturated heterocycles. The van der Waals surface area contributed by atoms with Crippen molar-refractivity contribution in [3.8, 4) is 0 Å². The van der Waals surface area contributed by atoms with Crippen LogP contribution in [-0.2, 0) is 6.42 Å². The Hall–Kier alpha value is -1.30. The molecule has 0 radical (unpaired) electrons. The molecule has 3 rings (SSSR count). The summed E-state index contributed by atoms with van der Waals surface area (Å²) in [7, 11) is 0. The van der Waals surface area contributed by atoms with Crippen molar-refractivity contribution < 1.29 is 0 Å². The van der Waals surface area contributed by atoms with Crippen LogP contribution in [0.4, 0.5) is 0 Å². The summed E-state index contributed by atoms with van der Waals surface area (Å²) in [5.74, 6) is 1.80. The summed E-state index contributed by atoms with van der Waals surface area (Å²) in [5, 5.41) is 2.82. The molecule has 0 N–H and O–H groups in total. The molecule has 1 aliphatic rings. The summed E-state index contributed by atoms with van der Waals surface area (Å²) < 4.78 is 0. The highest BCUT2D eigenvalue weighted by Gasteiger charge is 2.22. The van der Waals surface area contributed by atoms with Crippen LogP contribution in [0.2, 0.25) is 0 Å². The van der Waals surface area contributed by atoms with Gasteiger partial charge in [-0.1, -0.05) is 69.5 Å². The topological polar surface area (TPSA) is 0 Å². The van der Waals surface area contributed by atoms with Gasteiger partial charge in [0.05, 0.1) is 0 Å². The maximum absolute atomic E-state index is 2.45. The third kappa shape index (κ3) is 3.54. The van der Waals surface area contributed by atoms with Crippen LogP contribution < -0.4 is 0 Å². The molecule has 1 aliphatic carbocycles. The standard InChI is InChI=1S/C22H30/c1-3-5-6-18-8-10-19(11-9-18)21-14-13-20-15-17(4-2)7-12-22(20)16-21/h7,12-16,18-19H,3-6,8-11H2,1-2H3. The first-order valence-corrected chi connectivity index (χ1v) is 9.32. The summed E-state index contributed by atoms with van der Waals surface area (Å²) in [6.07, 6.45) is 11.0. The lowest BCUT2D eigenvalue weighted by molar-refractivity contribution is 0.304. The third-order valence-electron chi connectivity index (χ3n) is 5.62. The molecule has 0 heteroatoms. The first kappa shape index (κ1) is 15.6. The second-order valence-electron chi connectivity index (χ2n) is 7.15. The molecule has 0 nitrogen and oxygen atoms in total. The average Bonchev–Trinajstić information content (AvgIpc) is 2.59. The van der Waals surface area contributed by atoms with Crippen molar-refractivity contribution in [1.29, 1.82) is 0 Å². The first-order valence-electron chi connectivity index (χ1n) is 9.32. The molecular formula is C22H30. The molecule has 0 amide bonds. The molecule has 1 fully saturated rings. The zero-order valence-electron chi connectivity index (χ0n) is 14.3. The van der Waals surface area contributed by atoms with E-state index in [9.17, 15) is 0 Å². The minimum absolute atomic E-state index is 0.799. The van der Waals surface area contributed by atoms with Gasteiger partial charge in [-0.15, -0.1) is 0 Å². The fourth-order valence-corrected chi connectivity index (χ4v) is 4.06. The van der Waals surface area contributed by atoms with Crippen molar-refractivity contribution in [2.75, 3.05) is 0 Å². The van der Waals surface area contributed by atoms with Gasteiger partial charge in [0, 0.05) is 0 Å². The van der Waals surface area contributed by atoms with Crippen LogP contribution in [0, 0.1) is 5.92 Å². The third-order valence-corrected chi connectivity index (χ3v) is 5.62.